The molecular formula is C13H10N4O. The Hall–Kier alpha value is -2.69. The molecule has 0 N–H and O–H groups in total. The van der Waals surface area contributed by atoms with Gasteiger partial charge in [-0.1, -0.05) is 24.3 Å². The Morgan fingerprint density at radius 3 is 2.67 bits per heavy atom. The molecule has 2 aromatic heterocycles. The van der Waals surface area contributed by atoms with Crippen LogP contribution in [0.25, 0.3) is 5.65 Å². The quantitative estimate of drug-likeness (QED) is 0.504. The van der Waals surface area contributed by atoms with Crippen LogP contribution in [0.3, 0.4) is 0 Å². The summed E-state index contributed by atoms with van der Waals surface area (Å²) < 4.78 is 3.01. The first kappa shape index (κ1) is 10.5. The minimum Gasteiger partial charge on any atom is -0.244 e. The first-order chi connectivity index (χ1) is 8.84. The van der Waals surface area contributed by atoms with Gasteiger partial charge in [-0.3, -0.25) is 0 Å². The van der Waals surface area contributed by atoms with Gasteiger partial charge in [0.25, 0.3) is 0 Å². The van der Waals surface area contributed by atoms with Gasteiger partial charge in [0.2, 0.25) is 0 Å². The minimum atomic E-state index is -0.346. The number of aliphatic imine (C=N–C) groups is 1. The Balaban J connectivity index is 2.08. The van der Waals surface area contributed by atoms with Crippen LogP contribution in [0.2, 0.25) is 0 Å². The van der Waals surface area contributed by atoms with E-state index in [4.69, 9.17) is 0 Å². The Morgan fingerprint density at radius 1 is 1.06 bits per heavy atom. The van der Waals surface area contributed by atoms with Crippen LogP contribution in [-0.2, 0) is 0 Å². The fourth-order valence-electron chi connectivity index (χ4n) is 1.68. The number of hydrogen-bond acceptors (Lipinski definition) is 3. The zero-order valence-corrected chi connectivity index (χ0v) is 9.47. The van der Waals surface area contributed by atoms with Gasteiger partial charge in [-0.25, -0.2) is 14.3 Å². The van der Waals surface area contributed by atoms with Crippen molar-refractivity contribution in [2.45, 2.75) is 0 Å². The second kappa shape index (κ2) is 4.29. The fourth-order valence-corrected chi connectivity index (χ4v) is 1.68. The van der Waals surface area contributed by atoms with Gasteiger partial charge < -0.3 is 0 Å². The van der Waals surface area contributed by atoms with Crippen molar-refractivity contribution in [2.75, 3.05) is 0 Å². The molecule has 0 spiro atoms. The minimum absolute atomic E-state index is 0.346. The largest absolute Gasteiger partial charge is 0.370 e. The molecule has 0 fully saturated rings. The van der Waals surface area contributed by atoms with Crippen LogP contribution in [0.15, 0.2) is 64.5 Å². The molecule has 0 bridgehead atoms. The number of aromatic nitrogens is 3. The van der Waals surface area contributed by atoms with Gasteiger partial charge in [0.05, 0.1) is 5.69 Å². The van der Waals surface area contributed by atoms with E-state index in [0.717, 1.165) is 5.69 Å². The molecule has 0 aliphatic heterocycles. The predicted molar refractivity (Wildman–Crippen MR) is 69.4 cm³/mol. The van der Waals surface area contributed by atoms with Gasteiger partial charge in [-0.15, -0.1) is 0 Å². The van der Waals surface area contributed by atoms with Gasteiger partial charge in [-0.05, 0) is 24.3 Å². The van der Waals surface area contributed by atoms with E-state index in [9.17, 15) is 4.79 Å². The molecule has 1 aromatic carbocycles. The molecule has 0 radical (unpaired) electrons. The molecule has 0 saturated heterocycles. The van der Waals surface area contributed by atoms with Crippen LogP contribution in [0.5, 0.6) is 0 Å². The van der Waals surface area contributed by atoms with Gasteiger partial charge in [0.15, 0.2) is 5.65 Å². The highest BCUT2D eigenvalue weighted by atomic mass is 16.2. The van der Waals surface area contributed by atoms with E-state index in [0.29, 0.717) is 5.65 Å². The molecule has 3 rings (SSSR count). The topological polar surface area (TPSA) is 51.7 Å². The third-order valence-electron chi connectivity index (χ3n) is 2.53. The number of pyridine rings is 1. The second-order valence-electron chi connectivity index (χ2n) is 3.72. The second-order valence-corrected chi connectivity index (χ2v) is 3.72. The molecule has 0 amide bonds. The lowest BCUT2D eigenvalue weighted by Crippen LogP contribution is -2.19. The number of para-hydroxylation sites is 1. The number of hydrogen-bond donors (Lipinski definition) is 0. The standard InChI is InChI=1S/C13H10N4O/c18-13-15-12-8-4-5-9-16(12)17(13)10-14-11-6-2-1-3-7-11/h1-10H. The molecule has 0 aliphatic rings. The molecule has 0 atom stereocenters. The van der Waals surface area contributed by atoms with Crippen molar-refractivity contribution in [3.05, 3.63) is 65.2 Å². The summed E-state index contributed by atoms with van der Waals surface area (Å²) >= 11 is 0. The van der Waals surface area contributed by atoms with E-state index in [-0.39, 0.29) is 5.69 Å². The van der Waals surface area contributed by atoms with Crippen LogP contribution in [0.4, 0.5) is 5.69 Å². The van der Waals surface area contributed by atoms with E-state index in [1.807, 2.05) is 42.5 Å². The Kier molecular flexibility index (Phi) is 2.49. The molecule has 2 heterocycles. The maximum Gasteiger partial charge on any atom is 0.370 e. The Labute approximate surface area is 103 Å². The van der Waals surface area contributed by atoms with E-state index in [1.165, 1.54) is 11.0 Å². The summed E-state index contributed by atoms with van der Waals surface area (Å²) in [6, 6.07) is 14.9. The highest BCUT2D eigenvalue weighted by Crippen LogP contribution is 2.08. The predicted octanol–water partition coefficient (Wildman–Crippen LogP) is 1.70. The maximum atomic E-state index is 11.7. The SMILES string of the molecule is O=c1nc2ccccn2n1C=Nc1ccccc1. The molecule has 0 saturated carbocycles. The summed E-state index contributed by atoms with van der Waals surface area (Å²) in [5.41, 5.74) is 1.04. The fraction of sp³-hybridized carbons (Fsp3) is 0. The summed E-state index contributed by atoms with van der Waals surface area (Å²) in [6.45, 7) is 0. The lowest BCUT2D eigenvalue weighted by atomic mass is 10.3. The number of benzene rings is 1. The van der Waals surface area contributed by atoms with Crippen molar-refractivity contribution in [1.82, 2.24) is 14.2 Å². The van der Waals surface area contributed by atoms with Crippen LogP contribution < -0.4 is 5.69 Å². The van der Waals surface area contributed by atoms with Crippen LogP contribution in [-0.4, -0.2) is 20.5 Å². The van der Waals surface area contributed by atoms with Crippen LogP contribution in [0, 0.1) is 0 Å². The average Bonchev–Trinajstić information content (AvgIpc) is 2.73. The lowest BCUT2D eigenvalue weighted by molar-refractivity contribution is 0.828. The van der Waals surface area contributed by atoms with Crippen molar-refractivity contribution in [3.8, 4) is 0 Å². The van der Waals surface area contributed by atoms with E-state index in [1.54, 1.807) is 16.8 Å². The van der Waals surface area contributed by atoms with E-state index < -0.39 is 0 Å². The molecular weight excluding hydrogens is 228 g/mol. The molecule has 18 heavy (non-hydrogen) atoms. The number of nitrogens with zero attached hydrogens (tertiary/aromatic N) is 4. The normalized spacial score (nSPS) is 11.3. The summed E-state index contributed by atoms with van der Waals surface area (Å²) in [6.07, 6.45) is 3.23. The summed E-state index contributed by atoms with van der Waals surface area (Å²) in [5, 5.41) is 0. The first-order valence-electron chi connectivity index (χ1n) is 5.50. The molecule has 0 aliphatic carbocycles. The number of fused-ring (bicyclic) bond motifs is 1. The molecule has 3 aromatic rings. The zero-order valence-electron chi connectivity index (χ0n) is 9.47. The van der Waals surface area contributed by atoms with E-state index >= 15 is 0 Å². The zero-order chi connectivity index (χ0) is 12.4. The summed E-state index contributed by atoms with van der Waals surface area (Å²) in [7, 11) is 0. The molecule has 0 unspecified atom stereocenters. The van der Waals surface area contributed by atoms with Crippen molar-refractivity contribution >= 4 is 17.7 Å². The van der Waals surface area contributed by atoms with Crippen molar-refractivity contribution in [3.63, 3.8) is 0 Å². The maximum absolute atomic E-state index is 11.7. The summed E-state index contributed by atoms with van der Waals surface area (Å²) in [4.78, 5) is 19.8. The highest BCUT2D eigenvalue weighted by molar-refractivity contribution is 5.63. The van der Waals surface area contributed by atoms with Gasteiger partial charge in [0, 0.05) is 6.20 Å². The molecule has 5 nitrogen and oxygen atoms in total. The van der Waals surface area contributed by atoms with Gasteiger partial charge in [0.1, 0.15) is 6.34 Å². The average molecular weight is 238 g/mol. The Morgan fingerprint density at radius 2 is 1.83 bits per heavy atom. The molecule has 88 valence electrons. The highest BCUT2D eigenvalue weighted by Gasteiger charge is 2.02. The lowest BCUT2D eigenvalue weighted by Gasteiger charge is -1.97. The smallest absolute Gasteiger partial charge is 0.244 e. The van der Waals surface area contributed by atoms with Crippen molar-refractivity contribution in [2.24, 2.45) is 4.99 Å². The van der Waals surface area contributed by atoms with Crippen LogP contribution in [0.1, 0.15) is 0 Å². The van der Waals surface area contributed by atoms with Gasteiger partial charge in [-0.2, -0.15) is 9.67 Å². The van der Waals surface area contributed by atoms with E-state index in [2.05, 4.69) is 9.98 Å². The third kappa shape index (κ3) is 1.82. The molecule has 5 heteroatoms. The monoisotopic (exact) mass is 238 g/mol. The summed E-state index contributed by atoms with van der Waals surface area (Å²) in [5.74, 6) is 0. The first-order valence-corrected chi connectivity index (χ1v) is 5.50. The van der Waals surface area contributed by atoms with Gasteiger partial charge >= 0.3 is 5.69 Å². The van der Waals surface area contributed by atoms with Crippen molar-refractivity contribution in [1.29, 1.82) is 0 Å². The van der Waals surface area contributed by atoms with Crippen molar-refractivity contribution < 1.29 is 0 Å². The number of rotatable bonds is 2. The Bertz CT molecular complexity index is 755. The third-order valence-corrected chi connectivity index (χ3v) is 2.53. The van der Waals surface area contributed by atoms with Crippen LogP contribution >= 0.6 is 0 Å².